The number of carbonyl (C=O) groups excluding carboxylic acids is 2. The molecule has 3 N–H and O–H groups in total. The first-order valence-electron chi connectivity index (χ1n) is 7.30. The molecule has 0 radical (unpaired) electrons. The Morgan fingerprint density at radius 2 is 1.92 bits per heavy atom. The van der Waals surface area contributed by atoms with Crippen LogP contribution >= 0.6 is 0 Å². The number of carbonyl (C=O) groups is 3. The average Bonchev–Trinajstić information content (AvgIpc) is 2.94. The lowest BCUT2D eigenvalue weighted by molar-refractivity contribution is -0.136. The summed E-state index contributed by atoms with van der Waals surface area (Å²) in [6, 6.07) is 6.15. The normalized spacial score (nSPS) is 10.2. The molecule has 2 aromatic rings. The zero-order valence-electron chi connectivity index (χ0n) is 13.4. The van der Waals surface area contributed by atoms with Crippen LogP contribution in [-0.2, 0) is 16.1 Å². The van der Waals surface area contributed by atoms with Crippen LogP contribution in [0.3, 0.4) is 0 Å². The van der Waals surface area contributed by atoms with Crippen LogP contribution in [0.1, 0.15) is 21.6 Å². The van der Waals surface area contributed by atoms with E-state index in [1.807, 2.05) is 13.0 Å². The molecule has 8 heteroatoms. The van der Waals surface area contributed by atoms with Crippen molar-refractivity contribution in [1.82, 2.24) is 15.1 Å². The van der Waals surface area contributed by atoms with Gasteiger partial charge in [0.1, 0.15) is 0 Å². The van der Waals surface area contributed by atoms with Gasteiger partial charge in [-0.15, -0.1) is 0 Å². The second-order valence-electron chi connectivity index (χ2n) is 5.24. The van der Waals surface area contributed by atoms with Gasteiger partial charge in [-0.1, -0.05) is 6.07 Å². The molecular formula is C16H18N4O4. The largest absolute Gasteiger partial charge is 0.478 e. The summed E-state index contributed by atoms with van der Waals surface area (Å²) in [5, 5.41) is 18.0. The fraction of sp³-hybridized carbons (Fsp3) is 0.250. The molecule has 0 fully saturated rings. The lowest BCUT2D eigenvalue weighted by Gasteiger charge is -2.10. The molecule has 0 bridgehead atoms. The van der Waals surface area contributed by atoms with Crippen LogP contribution in [0.5, 0.6) is 0 Å². The molecule has 0 unspecified atom stereocenters. The van der Waals surface area contributed by atoms with Gasteiger partial charge in [0.2, 0.25) is 0 Å². The minimum absolute atomic E-state index is 0.0328. The minimum atomic E-state index is -1.11. The maximum Gasteiger partial charge on any atom is 0.335 e. The molecule has 1 aromatic heterocycles. The number of hydrogen-bond acceptors (Lipinski definition) is 4. The van der Waals surface area contributed by atoms with E-state index in [1.165, 1.54) is 12.1 Å². The number of nitrogens with zero attached hydrogens (tertiary/aromatic N) is 2. The summed E-state index contributed by atoms with van der Waals surface area (Å²) >= 11 is 0. The number of hydrogen-bond donors (Lipinski definition) is 3. The number of rotatable bonds is 5. The van der Waals surface area contributed by atoms with Gasteiger partial charge in [-0.2, -0.15) is 5.10 Å². The molecule has 0 spiro atoms. The van der Waals surface area contributed by atoms with Crippen LogP contribution in [0.15, 0.2) is 30.5 Å². The maximum atomic E-state index is 11.9. The van der Waals surface area contributed by atoms with Crippen LogP contribution in [0, 0.1) is 13.8 Å². The van der Waals surface area contributed by atoms with E-state index in [0.29, 0.717) is 12.1 Å². The van der Waals surface area contributed by atoms with Crippen molar-refractivity contribution in [1.29, 1.82) is 0 Å². The number of aromatic nitrogens is 2. The fourth-order valence-corrected chi connectivity index (χ4v) is 2.06. The van der Waals surface area contributed by atoms with Gasteiger partial charge in [-0.25, -0.2) is 4.79 Å². The van der Waals surface area contributed by atoms with Gasteiger partial charge >= 0.3 is 17.8 Å². The average molecular weight is 330 g/mol. The van der Waals surface area contributed by atoms with E-state index in [9.17, 15) is 14.4 Å². The van der Waals surface area contributed by atoms with E-state index in [4.69, 9.17) is 5.11 Å². The van der Waals surface area contributed by atoms with Gasteiger partial charge in [-0.3, -0.25) is 14.3 Å². The van der Waals surface area contributed by atoms with E-state index in [-0.39, 0.29) is 17.8 Å². The highest BCUT2D eigenvalue weighted by molar-refractivity contribution is 6.39. The highest BCUT2D eigenvalue weighted by atomic mass is 16.4. The Morgan fingerprint density at radius 1 is 1.17 bits per heavy atom. The van der Waals surface area contributed by atoms with Crippen molar-refractivity contribution in [2.75, 3.05) is 11.9 Å². The summed E-state index contributed by atoms with van der Waals surface area (Å²) < 4.78 is 1.71. The number of carboxylic acids is 1. The van der Waals surface area contributed by atoms with Crippen molar-refractivity contribution in [2.45, 2.75) is 20.4 Å². The Kier molecular flexibility index (Phi) is 5.31. The van der Waals surface area contributed by atoms with Gasteiger partial charge in [0.15, 0.2) is 0 Å². The summed E-state index contributed by atoms with van der Waals surface area (Å²) in [5.74, 6) is -2.75. The van der Waals surface area contributed by atoms with Crippen molar-refractivity contribution in [3.63, 3.8) is 0 Å². The van der Waals surface area contributed by atoms with Crippen molar-refractivity contribution < 1.29 is 19.5 Å². The highest BCUT2D eigenvalue weighted by Crippen LogP contribution is 2.16. The zero-order valence-corrected chi connectivity index (χ0v) is 13.4. The van der Waals surface area contributed by atoms with Gasteiger partial charge < -0.3 is 15.7 Å². The van der Waals surface area contributed by atoms with Crippen molar-refractivity contribution in [3.8, 4) is 0 Å². The van der Waals surface area contributed by atoms with Gasteiger partial charge in [0, 0.05) is 24.1 Å². The maximum absolute atomic E-state index is 11.9. The lowest BCUT2D eigenvalue weighted by Crippen LogP contribution is -2.37. The van der Waals surface area contributed by atoms with Crippen LogP contribution in [-0.4, -0.2) is 39.2 Å². The molecule has 0 saturated heterocycles. The number of carboxylic acid groups (broad SMARTS) is 1. The third kappa shape index (κ3) is 4.19. The molecule has 8 nitrogen and oxygen atoms in total. The second kappa shape index (κ2) is 7.40. The Labute approximate surface area is 138 Å². The Balaban J connectivity index is 1.92. The molecular weight excluding hydrogens is 312 g/mol. The topological polar surface area (TPSA) is 113 Å². The fourth-order valence-electron chi connectivity index (χ4n) is 2.06. The third-order valence-corrected chi connectivity index (χ3v) is 3.48. The third-order valence-electron chi connectivity index (χ3n) is 3.48. The highest BCUT2D eigenvalue weighted by Gasteiger charge is 2.15. The van der Waals surface area contributed by atoms with Crippen LogP contribution < -0.4 is 10.6 Å². The number of nitrogens with one attached hydrogen (secondary N) is 2. The van der Waals surface area contributed by atoms with Crippen molar-refractivity contribution in [2.24, 2.45) is 0 Å². The smallest absolute Gasteiger partial charge is 0.335 e. The molecule has 0 aliphatic carbocycles. The standard InChI is InChI=1S/C16H18N4O4/c1-10-3-4-12(16(23)24)9-13(10)19-15(22)14(21)17-7-8-20-11(2)5-6-18-20/h3-6,9H,7-8H2,1-2H3,(H,17,21)(H,19,22)(H,23,24). The Bertz CT molecular complexity index is 782. The summed E-state index contributed by atoms with van der Waals surface area (Å²) in [4.78, 5) is 34.7. The van der Waals surface area contributed by atoms with E-state index < -0.39 is 17.8 Å². The molecule has 0 saturated carbocycles. The van der Waals surface area contributed by atoms with Crippen LogP contribution in [0.4, 0.5) is 5.69 Å². The number of anilines is 1. The van der Waals surface area contributed by atoms with Crippen LogP contribution in [0.2, 0.25) is 0 Å². The summed E-state index contributed by atoms with van der Waals surface area (Å²) in [6.45, 7) is 4.30. The van der Waals surface area contributed by atoms with Gasteiger partial charge in [0.05, 0.1) is 12.1 Å². The van der Waals surface area contributed by atoms with E-state index in [2.05, 4.69) is 15.7 Å². The first-order chi connectivity index (χ1) is 11.4. The predicted molar refractivity (Wildman–Crippen MR) is 86.7 cm³/mol. The number of aryl methyl sites for hydroxylation is 2. The summed E-state index contributed by atoms with van der Waals surface area (Å²) in [7, 11) is 0. The van der Waals surface area contributed by atoms with E-state index in [0.717, 1.165) is 5.69 Å². The molecule has 2 amide bonds. The molecule has 1 heterocycles. The van der Waals surface area contributed by atoms with Crippen molar-refractivity contribution in [3.05, 3.63) is 47.3 Å². The SMILES string of the molecule is Cc1ccc(C(=O)O)cc1NC(=O)C(=O)NCCn1nccc1C. The summed E-state index contributed by atoms with van der Waals surface area (Å²) in [6.07, 6.45) is 1.65. The minimum Gasteiger partial charge on any atom is -0.478 e. The van der Waals surface area contributed by atoms with Gasteiger partial charge in [0.25, 0.3) is 0 Å². The first-order valence-corrected chi connectivity index (χ1v) is 7.30. The Morgan fingerprint density at radius 3 is 2.54 bits per heavy atom. The van der Waals surface area contributed by atoms with Crippen molar-refractivity contribution >= 4 is 23.5 Å². The first kappa shape index (κ1) is 17.2. The molecule has 0 atom stereocenters. The number of aromatic carboxylic acids is 1. The number of benzene rings is 1. The molecule has 126 valence electrons. The van der Waals surface area contributed by atoms with Gasteiger partial charge in [-0.05, 0) is 37.6 Å². The summed E-state index contributed by atoms with van der Waals surface area (Å²) in [5.41, 5.74) is 1.94. The van der Waals surface area contributed by atoms with Crippen LogP contribution in [0.25, 0.3) is 0 Å². The molecule has 0 aliphatic rings. The molecule has 0 aliphatic heterocycles. The molecule has 1 aromatic carbocycles. The predicted octanol–water partition coefficient (Wildman–Crippen LogP) is 0.953. The second-order valence-corrected chi connectivity index (χ2v) is 5.24. The monoisotopic (exact) mass is 330 g/mol. The van der Waals surface area contributed by atoms with E-state index >= 15 is 0 Å². The lowest BCUT2D eigenvalue weighted by atomic mass is 10.1. The number of amides is 2. The molecule has 2 rings (SSSR count). The van der Waals surface area contributed by atoms with E-state index in [1.54, 1.807) is 23.9 Å². The Hall–Kier alpha value is -3.16. The zero-order chi connectivity index (χ0) is 17.7. The molecule has 24 heavy (non-hydrogen) atoms. The quantitative estimate of drug-likeness (QED) is 0.707.